The Bertz CT molecular complexity index is 2410. The average molecular weight is 1520 g/mol. The van der Waals surface area contributed by atoms with Gasteiger partial charge in [-0.05, 0) is 24.6 Å². The Kier molecular flexibility index (Phi) is 64.0. The van der Waals surface area contributed by atoms with Crippen molar-refractivity contribution in [3.05, 3.63) is 24.0 Å². The highest BCUT2D eigenvalue weighted by Crippen LogP contribution is 2.30. The third-order valence-corrected chi connectivity index (χ3v) is 15.6. The molecule has 0 atom stereocenters. The summed E-state index contributed by atoms with van der Waals surface area (Å²) in [6.07, 6.45) is 3.55. The first-order chi connectivity index (χ1) is 52.5. The Labute approximate surface area is 630 Å². The Morgan fingerprint density at radius 2 is 0.642 bits per heavy atom. The average Bonchev–Trinajstić information content (AvgIpc) is 1.56. The molecule has 1 aromatic carbocycles. The molecule has 0 aliphatic carbocycles. The Hall–Kier alpha value is -3.67. The summed E-state index contributed by atoms with van der Waals surface area (Å²) in [5.41, 5.74) is 10.1. The molecule has 2 aromatic heterocycles. The highest BCUT2D eigenvalue weighted by Gasteiger charge is 2.20. The van der Waals surface area contributed by atoms with Crippen LogP contribution < -0.4 is 10.6 Å². The van der Waals surface area contributed by atoms with E-state index in [4.69, 9.17) is 129 Å². The smallest absolute Gasteiger partial charge is 0.152 e. The monoisotopic (exact) mass is 1520 g/mol. The second-order valence-electron chi connectivity index (χ2n) is 24.2. The van der Waals surface area contributed by atoms with Gasteiger partial charge >= 0.3 is 0 Å². The number of ketones is 1. The molecule has 3 N–H and O–H groups in total. The number of imidazole rings is 1. The number of nitrogens with one attached hydrogen (secondary N) is 1. The van der Waals surface area contributed by atoms with Crippen molar-refractivity contribution in [3.8, 4) is 0 Å². The van der Waals surface area contributed by atoms with Crippen molar-refractivity contribution in [1.29, 1.82) is 0 Å². The van der Waals surface area contributed by atoms with Crippen molar-refractivity contribution < 1.29 is 123 Å². The summed E-state index contributed by atoms with van der Waals surface area (Å²) >= 11 is 0. The lowest BCUT2D eigenvalue weighted by Crippen LogP contribution is -2.47. The van der Waals surface area contributed by atoms with Gasteiger partial charge in [-0.15, -0.1) is 0 Å². The number of ether oxygens (including phenoxy) is 25. The number of nitrogens with two attached hydrogens (primary N) is 1. The van der Waals surface area contributed by atoms with Gasteiger partial charge in [-0.3, -0.25) is 9.69 Å². The van der Waals surface area contributed by atoms with E-state index in [-0.39, 0.29) is 11.7 Å². The van der Waals surface area contributed by atoms with Crippen LogP contribution in [0, 0.1) is 5.92 Å². The van der Waals surface area contributed by atoms with Gasteiger partial charge in [0.1, 0.15) is 17.1 Å². The Morgan fingerprint density at radius 3 is 0.906 bits per heavy atom. The lowest BCUT2D eigenvalue weighted by Gasteiger charge is -2.36. The maximum Gasteiger partial charge on any atom is 0.152 e. The molecule has 32 nitrogen and oxygen atoms in total. The summed E-state index contributed by atoms with van der Waals surface area (Å²) in [6, 6.07) is 6.43. The number of H-pyrrole nitrogens is 1. The second kappa shape index (κ2) is 71.6. The molecule has 1 fully saturated rings. The number of nitrogen functional groups attached to an aromatic ring is 1. The number of piperazine rings is 1. The number of aryl methyl sites for hydroxylation is 1. The van der Waals surface area contributed by atoms with E-state index in [9.17, 15) is 4.79 Å². The zero-order valence-corrected chi connectivity index (χ0v) is 64.5. The Morgan fingerprint density at radius 1 is 0.377 bits per heavy atom. The number of aromatic nitrogens is 3. The minimum absolute atomic E-state index is 0.0490. The second-order valence-corrected chi connectivity index (χ2v) is 24.2. The van der Waals surface area contributed by atoms with E-state index in [0.717, 1.165) is 79.7 Å². The molecule has 0 radical (unpaired) electrons. The summed E-state index contributed by atoms with van der Waals surface area (Å²) < 4.78 is 139. The van der Waals surface area contributed by atoms with E-state index in [2.05, 4.69) is 44.9 Å². The highest BCUT2D eigenvalue weighted by molar-refractivity contribution is 6.07. The van der Waals surface area contributed by atoms with Crippen molar-refractivity contribution in [2.75, 3.05) is 374 Å². The number of nitrogens with zero attached hydrogens (tertiary/aromatic N) is 4. The standard InChI is InChI=1S/C74H134N6O26/c1-4-5-6-71-77-72-68-65-67(7-8-69(68)76-74(75)73(72)78-71)80-12-10-79(11-13-80)14-16-83-18-20-85-22-24-87-26-28-89-30-32-91-34-36-93-38-40-95-42-44-97-46-48-99-50-52-101-54-56-103-58-60-105-62-64-106-63-61-104-59-57-102-55-53-100-51-49-98-47-45-96-43-41-94-39-37-92-35-33-90-31-29-88-27-25-86-23-21-84-19-17-82-15-9-70(81)66(2)3/h7-8,65-66H,4-6,9-64H2,1-3H3,(H2,75,76)(H,77,78). The van der Waals surface area contributed by atoms with Crippen molar-refractivity contribution in [1.82, 2.24) is 19.9 Å². The molecule has 4 rings (SSSR count). The van der Waals surface area contributed by atoms with Crippen LogP contribution in [0.2, 0.25) is 0 Å². The number of hydrogen-bond donors (Lipinski definition) is 2. The lowest BCUT2D eigenvalue weighted by atomic mass is 10.1. The number of carbonyl (C=O) groups is 1. The normalized spacial score (nSPS) is 13.0. The van der Waals surface area contributed by atoms with Crippen molar-refractivity contribution in [2.45, 2.75) is 46.5 Å². The van der Waals surface area contributed by atoms with Gasteiger partial charge in [0.2, 0.25) is 0 Å². The number of hydrogen-bond acceptors (Lipinski definition) is 31. The fourth-order valence-electron chi connectivity index (χ4n) is 9.73. The minimum Gasteiger partial charge on any atom is -0.382 e. The van der Waals surface area contributed by atoms with Crippen LogP contribution in [-0.2, 0) is 130 Å². The molecular formula is C74H134N6O26. The SMILES string of the molecule is CCCCc1nc2c(N)nc3ccc(N4CCN(CCOCCOCCOCCOCCOCCOCCOCCOCCOCCOCCOCCOCCOCCOCCOCCOCCOCCOCCOCCOCCOCCOCCOCCOCCOCCC(=O)C(C)C)CC4)cc3c2[nH]1. The first-order valence-electron chi connectivity index (χ1n) is 38.5. The van der Waals surface area contributed by atoms with E-state index in [0.29, 0.717) is 343 Å². The molecule has 1 aliphatic rings. The largest absolute Gasteiger partial charge is 0.382 e. The number of Topliss-reactive ketones (excluding diaryl/α,β-unsaturated/α-hetero) is 1. The van der Waals surface area contributed by atoms with Gasteiger partial charge in [-0.1, -0.05) is 27.2 Å². The third-order valence-electron chi connectivity index (χ3n) is 15.6. The maximum atomic E-state index is 11.5. The topological polar surface area (TPSA) is 322 Å². The highest BCUT2D eigenvalue weighted by atomic mass is 16.6. The van der Waals surface area contributed by atoms with Crippen LogP contribution in [-0.4, -0.2) is 389 Å². The van der Waals surface area contributed by atoms with Gasteiger partial charge in [-0.25, -0.2) is 9.97 Å². The number of fused-ring (bicyclic) bond motifs is 3. The number of pyridine rings is 1. The minimum atomic E-state index is 0.0490. The van der Waals surface area contributed by atoms with E-state index in [1.807, 2.05) is 13.8 Å². The number of unbranched alkanes of at least 4 members (excludes halogenated alkanes) is 1. The first-order valence-corrected chi connectivity index (χ1v) is 38.5. The third kappa shape index (κ3) is 54.1. The predicted octanol–water partition coefficient (Wildman–Crippen LogP) is 4.19. The summed E-state index contributed by atoms with van der Waals surface area (Å²) in [7, 11) is 0. The van der Waals surface area contributed by atoms with Gasteiger partial charge < -0.3 is 134 Å². The van der Waals surface area contributed by atoms with Crippen molar-refractivity contribution in [3.63, 3.8) is 0 Å². The number of rotatable bonds is 83. The summed E-state index contributed by atoms with van der Waals surface area (Å²) in [5.74, 6) is 1.70. The molecule has 0 saturated carbocycles. The molecule has 32 heteroatoms. The molecule has 0 unspecified atom stereocenters. The molecule has 106 heavy (non-hydrogen) atoms. The van der Waals surface area contributed by atoms with Crippen LogP contribution >= 0.6 is 0 Å². The summed E-state index contributed by atoms with van der Waals surface area (Å²) in [6.45, 7) is 35.2. The van der Waals surface area contributed by atoms with Crippen molar-refractivity contribution in [2.24, 2.45) is 5.92 Å². The molecular weight excluding hydrogens is 1390 g/mol. The number of carbonyl (C=O) groups excluding carboxylic acids is 1. The zero-order chi connectivity index (χ0) is 75.0. The molecule has 3 aromatic rings. The molecule has 0 spiro atoms. The molecule has 1 saturated heterocycles. The molecule has 0 amide bonds. The molecule has 0 bridgehead atoms. The van der Waals surface area contributed by atoms with E-state index in [1.165, 1.54) is 5.69 Å². The quantitative estimate of drug-likeness (QED) is 0.0748. The zero-order valence-electron chi connectivity index (χ0n) is 64.5. The van der Waals surface area contributed by atoms with Crippen LogP contribution in [0.4, 0.5) is 11.5 Å². The fourth-order valence-corrected chi connectivity index (χ4v) is 9.73. The molecule has 1 aliphatic heterocycles. The molecule has 3 heterocycles. The van der Waals surface area contributed by atoms with E-state index >= 15 is 0 Å². The van der Waals surface area contributed by atoms with Crippen LogP contribution in [0.15, 0.2) is 18.2 Å². The van der Waals surface area contributed by atoms with Crippen LogP contribution in [0.1, 0.15) is 45.9 Å². The first kappa shape index (κ1) is 94.7. The number of benzene rings is 1. The summed E-state index contributed by atoms with van der Waals surface area (Å²) in [5, 5.41) is 1.06. The van der Waals surface area contributed by atoms with E-state index < -0.39 is 0 Å². The van der Waals surface area contributed by atoms with Gasteiger partial charge in [-0.2, -0.15) is 0 Å². The van der Waals surface area contributed by atoms with Crippen LogP contribution in [0.25, 0.3) is 21.9 Å². The predicted molar refractivity (Wildman–Crippen MR) is 398 cm³/mol. The van der Waals surface area contributed by atoms with Crippen LogP contribution in [0.3, 0.4) is 0 Å². The maximum absolute atomic E-state index is 11.5. The van der Waals surface area contributed by atoms with Crippen LogP contribution in [0.5, 0.6) is 0 Å². The van der Waals surface area contributed by atoms with Gasteiger partial charge in [0.25, 0.3) is 0 Å². The Balaban J connectivity index is 0.705. The molecule has 616 valence electrons. The fraction of sp³-hybridized carbons (Fsp3) is 0.851. The van der Waals surface area contributed by atoms with Gasteiger partial charge in [0, 0.05) is 62.6 Å². The lowest BCUT2D eigenvalue weighted by molar-refractivity contribution is -0.123. The van der Waals surface area contributed by atoms with Gasteiger partial charge in [0.05, 0.1) is 341 Å². The number of anilines is 2. The van der Waals surface area contributed by atoms with Crippen molar-refractivity contribution >= 4 is 39.2 Å². The summed E-state index contributed by atoms with van der Waals surface area (Å²) in [4.78, 5) is 29.3. The number of aromatic amines is 1. The van der Waals surface area contributed by atoms with Gasteiger partial charge in [0.15, 0.2) is 5.82 Å². The van der Waals surface area contributed by atoms with E-state index in [1.54, 1.807) is 0 Å².